The van der Waals surface area contributed by atoms with Crippen LogP contribution in [0.15, 0.2) is 36.4 Å². The lowest BCUT2D eigenvalue weighted by molar-refractivity contribution is -0.00782. The molecule has 1 aliphatic heterocycles. The van der Waals surface area contributed by atoms with Crippen LogP contribution in [0, 0.1) is 17.2 Å². The molecular formula is C22H24N2O4. The third-order valence-corrected chi connectivity index (χ3v) is 4.47. The molecule has 0 radical (unpaired) electrons. The largest absolute Gasteiger partial charge is 0.492 e. The van der Waals surface area contributed by atoms with Crippen LogP contribution in [0.3, 0.4) is 0 Å². The lowest BCUT2D eigenvalue weighted by Gasteiger charge is -2.39. The van der Waals surface area contributed by atoms with Crippen molar-refractivity contribution in [3.63, 3.8) is 0 Å². The zero-order valence-electron chi connectivity index (χ0n) is 16.4. The van der Waals surface area contributed by atoms with Gasteiger partial charge in [0.25, 0.3) is 0 Å². The maximum atomic E-state index is 12.3. The SMILES string of the molecule is CC(C)(C)OC(=O)N1CC(COc2cc3ccccc3cc2C(=O)CC#N)C1. The molecule has 0 aliphatic carbocycles. The summed E-state index contributed by atoms with van der Waals surface area (Å²) in [6.45, 7) is 7.03. The molecule has 1 fully saturated rings. The van der Waals surface area contributed by atoms with Crippen LogP contribution in [-0.2, 0) is 4.74 Å². The molecular weight excluding hydrogens is 356 g/mol. The van der Waals surface area contributed by atoms with Crippen molar-refractivity contribution in [2.24, 2.45) is 5.92 Å². The van der Waals surface area contributed by atoms with Gasteiger partial charge in [0.15, 0.2) is 5.78 Å². The Morgan fingerprint density at radius 3 is 2.43 bits per heavy atom. The Kier molecular flexibility index (Phi) is 5.55. The number of hydrogen-bond donors (Lipinski definition) is 0. The van der Waals surface area contributed by atoms with E-state index in [1.165, 1.54) is 0 Å². The fourth-order valence-corrected chi connectivity index (χ4v) is 3.08. The lowest BCUT2D eigenvalue weighted by Crippen LogP contribution is -2.53. The fourth-order valence-electron chi connectivity index (χ4n) is 3.08. The highest BCUT2D eigenvalue weighted by atomic mass is 16.6. The van der Waals surface area contributed by atoms with E-state index in [1.54, 1.807) is 11.0 Å². The molecule has 0 aromatic heterocycles. The number of hydrogen-bond acceptors (Lipinski definition) is 5. The molecule has 6 heteroatoms. The van der Waals surface area contributed by atoms with Crippen LogP contribution < -0.4 is 4.74 Å². The first-order valence-electron chi connectivity index (χ1n) is 9.30. The van der Waals surface area contributed by atoms with Crippen LogP contribution in [-0.4, -0.2) is 42.1 Å². The first kappa shape index (κ1) is 19.7. The Morgan fingerprint density at radius 1 is 1.18 bits per heavy atom. The molecule has 0 bridgehead atoms. The summed E-state index contributed by atoms with van der Waals surface area (Å²) >= 11 is 0. The summed E-state index contributed by atoms with van der Waals surface area (Å²) in [5, 5.41) is 10.8. The minimum atomic E-state index is -0.514. The smallest absolute Gasteiger partial charge is 0.410 e. The minimum absolute atomic E-state index is 0.179. The molecule has 2 aromatic carbocycles. The Bertz CT molecular complexity index is 934. The number of amides is 1. The monoisotopic (exact) mass is 380 g/mol. The summed E-state index contributed by atoms with van der Waals surface area (Å²) in [6, 6.07) is 13.2. The second kappa shape index (κ2) is 7.89. The maximum absolute atomic E-state index is 12.3. The highest BCUT2D eigenvalue weighted by Crippen LogP contribution is 2.29. The first-order valence-corrected chi connectivity index (χ1v) is 9.30. The van der Waals surface area contributed by atoms with Crippen molar-refractivity contribution in [1.82, 2.24) is 4.90 Å². The van der Waals surface area contributed by atoms with E-state index in [1.807, 2.05) is 57.2 Å². The summed E-state index contributed by atoms with van der Waals surface area (Å²) < 4.78 is 11.3. The number of nitriles is 1. The van der Waals surface area contributed by atoms with Gasteiger partial charge in [-0.25, -0.2) is 4.79 Å². The number of fused-ring (bicyclic) bond motifs is 1. The zero-order valence-corrected chi connectivity index (χ0v) is 16.4. The maximum Gasteiger partial charge on any atom is 0.410 e. The number of Topliss-reactive ketones (excluding diaryl/α,β-unsaturated/α-hetero) is 1. The number of carbonyl (C=O) groups is 2. The van der Waals surface area contributed by atoms with E-state index in [2.05, 4.69) is 0 Å². The molecule has 3 rings (SSSR count). The van der Waals surface area contributed by atoms with Gasteiger partial charge < -0.3 is 14.4 Å². The number of likely N-dealkylation sites (tertiary alicyclic amines) is 1. The molecule has 146 valence electrons. The third kappa shape index (κ3) is 4.61. The van der Waals surface area contributed by atoms with Crippen molar-refractivity contribution in [2.75, 3.05) is 19.7 Å². The highest BCUT2D eigenvalue weighted by Gasteiger charge is 2.34. The molecule has 28 heavy (non-hydrogen) atoms. The standard InChI is InChI=1S/C22H24N2O4/c1-22(2,3)28-21(26)24-12-15(13-24)14-27-20-11-17-7-5-4-6-16(17)10-18(20)19(25)8-9-23/h4-7,10-11,15H,8,12-14H2,1-3H3. The lowest BCUT2D eigenvalue weighted by atomic mass is 10.0. The van der Waals surface area contributed by atoms with Gasteiger partial charge in [-0.15, -0.1) is 0 Å². The van der Waals surface area contributed by atoms with Gasteiger partial charge >= 0.3 is 6.09 Å². The average molecular weight is 380 g/mol. The van der Waals surface area contributed by atoms with E-state index in [0.717, 1.165) is 10.8 Å². The van der Waals surface area contributed by atoms with Gasteiger partial charge in [0.1, 0.15) is 11.4 Å². The quantitative estimate of drug-likeness (QED) is 0.727. The van der Waals surface area contributed by atoms with Gasteiger partial charge in [0.2, 0.25) is 0 Å². The highest BCUT2D eigenvalue weighted by molar-refractivity contribution is 6.03. The molecule has 0 spiro atoms. The van der Waals surface area contributed by atoms with Crippen molar-refractivity contribution in [3.8, 4) is 11.8 Å². The van der Waals surface area contributed by atoms with Gasteiger partial charge in [0, 0.05) is 19.0 Å². The molecule has 1 amide bonds. The van der Waals surface area contributed by atoms with E-state index in [9.17, 15) is 9.59 Å². The first-order chi connectivity index (χ1) is 13.3. The molecule has 0 unspecified atom stereocenters. The number of rotatable bonds is 5. The van der Waals surface area contributed by atoms with Crippen LogP contribution in [0.5, 0.6) is 5.75 Å². The van der Waals surface area contributed by atoms with Crippen molar-refractivity contribution in [3.05, 3.63) is 42.0 Å². The number of nitrogens with zero attached hydrogens (tertiary/aromatic N) is 2. The van der Waals surface area contributed by atoms with Crippen LogP contribution in [0.4, 0.5) is 4.79 Å². The molecule has 0 N–H and O–H groups in total. The Labute approximate surface area is 164 Å². The van der Waals surface area contributed by atoms with E-state index >= 15 is 0 Å². The Morgan fingerprint density at radius 2 is 1.82 bits per heavy atom. The fraction of sp³-hybridized carbons (Fsp3) is 0.409. The van der Waals surface area contributed by atoms with Crippen LogP contribution in [0.1, 0.15) is 37.6 Å². The van der Waals surface area contributed by atoms with Crippen molar-refractivity contribution in [1.29, 1.82) is 5.26 Å². The van der Waals surface area contributed by atoms with Gasteiger partial charge in [-0.1, -0.05) is 24.3 Å². The van der Waals surface area contributed by atoms with Gasteiger partial charge in [-0.2, -0.15) is 5.26 Å². The second-order valence-corrected chi connectivity index (χ2v) is 8.02. The summed E-state index contributed by atoms with van der Waals surface area (Å²) in [5.41, 5.74) is -0.0941. The number of ketones is 1. The van der Waals surface area contributed by atoms with E-state index in [4.69, 9.17) is 14.7 Å². The number of benzene rings is 2. The molecule has 0 saturated carbocycles. The summed E-state index contributed by atoms with van der Waals surface area (Å²) in [5.74, 6) is 0.403. The minimum Gasteiger partial charge on any atom is -0.492 e. The summed E-state index contributed by atoms with van der Waals surface area (Å²) in [6.07, 6.45) is -0.510. The van der Waals surface area contributed by atoms with Crippen molar-refractivity contribution >= 4 is 22.6 Å². The van der Waals surface area contributed by atoms with Crippen molar-refractivity contribution < 1.29 is 19.1 Å². The zero-order chi connectivity index (χ0) is 20.3. The molecule has 1 aliphatic rings. The van der Waals surface area contributed by atoms with E-state index in [0.29, 0.717) is 31.0 Å². The predicted molar refractivity (Wildman–Crippen MR) is 105 cm³/mol. The van der Waals surface area contributed by atoms with Gasteiger partial charge in [-0.05, 0) is 43.7 Å². The topological polar surface area (TPSA) is 79.6 Å². The number of ether oxygens (including phenoxy) is 2. The van der Waals surface area contributed by atoms with Crippen LogP contribution in [0.25, 0.3) is 10.8 Å². The molecule has 1 saturated heterocycles. The van der Waals surface area contributed by atoms with E-state index in [-0.39, 0.29) is 24.2 Å². The molecule has 6 nitrogen and oxygen atoms in total. The van der Waals surface area contributed by atoms with Gasteiger partial charge in [-0.3, -0.25) is 4.79 Å². The van der Waals surface area contributed by atoms with Crippen LogP contribution >= 0.6 is 0 Å². The van der Waals surface area contributed by atoms with Gasteiger partial charge in [0.05, 0.1) is 24.7 Å². The Balaban J connectivity index is 1.66. The molecule has 2 aromatic rings. The summed E-state index contributed by atoms with van der Waals surface area (Å²) in [4.78, 5) is 26.0. The number of carbonyl (C=O) groups excluding carboxylic acids is 2. The molecule has 1 heterocycles. The summed E-state index contributed by atoms with van der Waals surface area (Å²) in [7, 11) is 0. The van der Waals surface area contributed by atoms with Crippen LogP contribution in [0.2, 0.25) is 0 Å². The molecule has 0 atom stereocenters. The second-order valence-electron chi connectivity index (χ2n) is 8.02. The average Bonchev–Trinajstić information content (AvgIpc) is 2.58. The third-order valence-electron chi connectivity index (χ3n) is 4.47. The van der Waals surface area contributed by atoms with Crippen molar-refractivity contribution in [2.45, 2.75) is 32.8 Å². The van der Waals surface area contributed by atoms with E-state index < -0.39 is 5.60 Å². The normalized spacial score (nSPS) is 14.3. The predicted octanol–water partition coefficient (Wildman–Crippen LogP) is 4.18. The Hall–Kier alpha value is -3.07.